The molecule has 84 valence electrons. The van der Waals surface area contributed by atoms with E-state index >= 15 is 0 Å². The fourth-order valence-corrected chi connectivity index (χ4v) is 1.13. The molecule has 15 heavy (non-hydrogen) atoms. The molecule has 0 aliphatic rings. The summed E-state index contributed by atoms with van der Waals surface area (Å²) in [5, 5.41) is 9.17. The third-order valence-electron chi connectivity index (χ3n) is 1.84. The van der Waals surface area contributed by atoms with Crippen LogP contribution < -0.4 is 5.73 Å². The second-order valence-corrected chi connectivity index (χ2v) is 3.56. The van der Waals surface area contributed by atoms with Crippen molar-refractivity contribution in [3.8, 4) is 0 Å². The summed E-state index contributed by atoms with van der Waals surface area (Å²) in [6.07, 6.45) is -0.679. The van der Waals surface area contributed by atoms with Crippen LogP contribution in [-0.2, 0) is 11.3 Å². The first kappa shape index (κ1) is 12.4. The molecule has 0 aliphatic heterocycles. The zero-order chi connectivity index (χ0) is 11.3. The van der Waals surface area contributed by atoms with Crippen molar-refractivity contribution < 1.29 is 14.2 Å². The first-order chi connectivity index (χ1) is 7.13. The van der Waals surface area contributed by atoms with Crippen molar-refractivity contribution in [2.75, 3.05) is 13.2 Å². The fraction of sp³-hybridized carbons (Fsp3) is 0.400. The van der Waals surface area contributed by atoms with Crippen LogP contribution in [-0.4, -0.2) is 24.4 Å². The van der Waals surface area contributed by atoms with Crippen LogP contribution in [0.1, 0.15) is 5.56 Å². The summed E-state index contributed by atoms with van der Waals surface area (Å²) < 4.78 is 18.1. The van der Waals surface area contributed by atoms with Gasteiger partial charge < -0.3 is 15.6 Å². The van der Waals surface area contributed by atoms with Gasteiger partial charge in [0.25, 0.3) is 0 Å². The summed E-state index contributed by atoms with van der Waals surface area (Å²) >= 11 is 5.52. The van der Waals surface area contributed by atoms with E-state index in [0.29, 0.717) is 5.56 Å². The van der Waals surface area contributed by atoms with Gasteiger partial charge in [-0.2, -0.15) is 0 Å². The molecule has 5 heteroatoms. The van der Waals surface area contributed by atoms with Gasteiger partial charge in [-0.25, -0.2) is 4.39 Å². The molecule has 0 saturated heterocycles. The standard InChI is InChI=1S/C10H13ClFNO2/c11-9-2-1-7(3-10(9)12)5-15-6-8(14)4-13/h1-3,8,14H,4-6,13H2. The number of aliphatic hydroxyl groups is 1. The second kappa shape index (κ2) is 6.02. The average Bonchev–Trinajstić information content (AvgIpc) is 2.23. The predicted molar refractivity (Wildman–Crippen MR) is 56.1 cm³/mol. The van der Waals surface area contributed by atoms with Gasteiger partial charge in [0, 0.05) is 6.54 Å². The Labute approximate surface area is 92.6 Å². The highest BCUT2D eigenvalue weighted by Gasteiger charge is 2.03. The summed E-state index contributed by atoms with van der Waals surface area (Å²) in [5.74, 6) is -0.475. The van der Waals surface area contributed by atoms with Gasteiger partial charge in [0.2, 0.25) is 0 Å². The summed E-state index contributed by atoms with van der Waals surface area (Å²) in [5.41, 5.74) is 5.86. The van der Waals surface area contributed by atoms with E-state index in [4.69, 9.17) is 27.2 Å². The highest BCUT2D eigenvalue weighted by molar-refractivity contribution is 6.30. The molecule has 3 N–H and O–H groups in total. The van der Waals surface area contributed by atoms with E-state index in [2.05, 4.69) is 0 Å². The normalized spacial score (nSPS) is 12.8. The second-order valence-electron chi connectivity index (χ2n) is 3.15. The fourth-order valence-electron chi connectivity index (χ4n) is 1.01. The quantitative estimate of drug-likeness (QED) is 0.807. The Kier molecular flexibility index (Phi) is 4.98. The molecule has 1 aromatic carbocycles. The minimum atomic E-state index is -0.679. The number of benzene rings is 1. The van der Waals surface area contributed by atoms with E-state index in [9.17, 15) is 4.39 Å². The van der Waals surface area contributed by atoms with Crippen LogP contribution >= 0.6 is 11.6 Å². The Morgan fingerprint density at radius 1 is 1.53 bits per heavy atom. The first-order valence-electron chi connectivity index (χ1n) is 4.53. The lowest BCUT2D eigenvalue weighted by molar-refractivity contribution is 0.0328. The minimum Gasteiger partial charge on any atom is -0.389 e. The highest BCUT2D eigenvalue weighted by atomic mass is 35.5. The molecule has 0 heterocycles. The number of nitrogens with two attached hydrogens (primary N) is 1. The Hall–Kier alpha value is -0.680. The number of ether oxygens (including phenoxy) is 1. The lowest BCUT2D eigenvalue weighted by atomic mass is 10.2. The zero-order valence-electron chi connectivity index (χ0n) is 8.12. The van der Waals surface area contributed by atoms with Crippen LogP contribution in [0.25, 0.3) is 0 Å². The summed E-state index contributed by atoms with van der Waals surface area (Å²) in [6, 6.07) is 4.44. The highest BCUT2D eigenvalue weighted by Crippen LogP contribution is 2.15. The lowest BCUT2D eigenvalue weighted by Gasteiger charge is -2.08. The Morgan fingerprint density at radius 2 is 2.27 bits per heavy atom. The molecule has 1 atom stereocenters. The number of halogens is 2. The van der Waals surface area contributed by atoms with E-state index in [0.717, 1.165) is 0 Å². The van der Waals surface area contributed by atoms with E-state index < -0.39 is 11.9 Å². The molecular formula is C10H13ClFNO2. The molecule has 3 nitrogen and oxygen atoms in total. The molecule has 0 amide bonds. The third-order valence-corrected chi connectivity index (χ3v) is 2.14. The summed E-state index contributed by atoms with van der Waals surface area (Å²) in [7, 11) is 0. The van der Waals surface area contributed by atoms with E-state index in [-0.39, 0.29) is 24.8 Å². The molecule has 1 aromatic rings. The van der Waals surface area contributed by atoms with Crippen molar-refractivity contribution in [1.82, 2.24) is 0 Å². The molecule has 0 saturated carbocycles. The van der Waals surface area contributed by atoms with Crippen LogP contribution in [0.3, 0.4) is 0 Å². The Bertz CT molecular complexity index is 322. The molecular weight excluding hydrogens is 221 g/mol. The van der Waals surface area contributed by atoms with Gasteiger partial charge in [0.15, 0.2) is 0 Å². The molecule has 0 bridgehead atoms. The van der Waals surface area contributed by atoms with Crippen molar-refractivity contribution >= 4 is 11.6 Å². The Morgan fingerprint density at radius 3 is 2.87 bits per heavy atom. The molecule has 0 radical (unpaired) electrons. The SMILES string of the molecule is NCC(O)COCc1ccc(Cl)c(F)c1. The largest absolute Gasteiger partial charge is 0.389 e. The molecule has 0 aliphatic carbocycles. The van der Waals surface area contributed by atoms with Gasteiger partial charge in [-0.15, -0.1) is 0 Å². The van der Waals surface area contributed by atoms with E-state index in [1.165, 1.54) is 12.1 Å². The molecule has 1 unspecified atom stereocenters. The van der Waals surface area contributed by atoms with Crippen molar-refractivity contribution in [2.24, 2.45) is 5.73 Å². The van der Waals surface area contributed by atoms with Gasteiger partial charge >= 0.3 is 0 Å². The van der Waals surface area contributed by atoms with Gasteiger partial charge in [-0.3, -0.25) is 0 Å². The maximum atomic E-state index is 13.0. The smallest absolute Gasteiger partial charge is 0.142 e. The van der Waals surface area contributed by atoms with Crippen LogP contribution in [0.5, 0.6) is 0 Å². The topological polar surface area (TPSA) is 55.5 Å². The van der Waals surface area contributed by atoms with Gasteiger partial charge in [-0.1, -0.05) is 17.7 Å². The van der Waals surface area contributed by atoms with E-state index in [1.807, 2.05) is 0 Å². The number of hydrogen-bond acceptors (Lipinski definition) is 3. The molecule has 0 aromatic heterocycles. The predicted octanol–water partition coefficient (Wildman–Crippen LogP) is 1.32. The zero-order valence-corrected chi connectivity index (χ0v) is 8.88. The monoisotopic (exact) mass is 233 g/mol. The van der Waals surface area contributed by atoms with Gasteiger partial charge in [0.1, 0.15) is 5.82 Å². The molecule has 1 rings (SSSR count). The van der Waals surface area contributed by atoms with E-state index in [1.54, 1.807) is 6.07 Å². The third kappa shape index (κ3) is 4.13. The van der Waals surface area contributed by atoms with Crippen LogP contribution in [0, 0.1) is 5.82 Å². The maximum absolute atomic E-state index is 13.0. The van der Waals surface area contributed by atoms with Crippen LogP contribution in [0.2, 0.25) is 5.02 Å². The average molecular weight is 234 g/mol. The number of aliphatic hydroxyl groups excluding tert-OH is 1. The van der Waals surface area contributed by atoms with Gasteiger partial charge in [-0.05, 0) is 17.7 Å². The van der Waals surface area contributed by atoms with Gasteiger partial charge in [0.05, 0.1) is 24.3 Å². The molecule has 0 fully saturated rings. The van der Waals surface area contributed by atoms with Crippen molar-refractivity contribution in [3.05, 3.63) is 34.6 Å². The van der Waals surface area contributed by atoms with Crippen molar-refractivity contribution in [2.45, 2.75) is 12.7 Å². The summed E-state index contributed by atoms with van der Waals surface area (Å²) in [6.45, 7) is 0.515. The number of rotatable bonds is 5. The maximum Gasteiger partial charge on any atom is 0.142 e. The van der Waals surface area contributed by atoms with Crippen molar-refractivity contribution in [3.63, 3.8) is 0 Å². The summed E-state index contributed by atoms with van der Waals surface area (Å²) in [4.78, 5) is 0. The number of hydrogen-bond donors (Lipinski definition) is 2. The first-order valence-corrected chi connectivity index (χ1v) is 4.91. The Balaban J connectivity index is 2.41. The lowest BCUT2D eigenvalue weighted by Crippen LogP contribution is -2.24. The van der Waals surface area contributed by atoms with Crippen LogP contribution in [0.15, 0.2) is 18.2 Å². The minimum absolute atomic E-state index is 0.0840. The molecule has 0 spiro atoms. The van der Waals surface area contributed by atoms with Crippen LogP contribution in [0.4, 0.5) is 4.39 Å². The van der Waals surface area contributed by atoms with Crippen molar-refractivity contribution in [1.29, 1.82) is 0 Å².